The van der Waals surface area contributed by atoms with Gasteiger partial charge in [-0.25, -0.2) is 9.97 Å². The molecule has 1 rings (SSSR count). The predicted octanol–water partition coefficient (Wildman–Crippen LogP) is 0.650. The van der Waals surface area contributed by atoms with Crippen molar-refractivity contribution in [3.05, 3.63) is 18.5 Å². The molecular weight excluding hydrogens is 164 g/mol. The monoisotopic (exact) mass is 180 g/mol. The molecule has 1 unspecified atom stereocenters. The van der Waals surface area contributed by atoms with E-state index in [1.807, 2.05) is 18.0 Å². The molecule has 1 aromatic heterocycles. The van der Waals surface area contributed by atoms with Crippen LogP contribution in [0.5, 0.6) is 0 Å². The van der Waals surface area contributed by atoms with Gasteiger partial charge >= 0.3 is 0 Å². The molecule has 0 saturated heterocycles. The lowest BCUT2D eigenvalue weighted by Crippen LogP contribution is -2.32. The quantitative estimate of drug-likeness (QED) is 0.739. The van der Waals surface area contributed by atoms with E-state index in [0.29, 0.717) is 12.6 Å². The second-order valence-electron chi connectivity index (χ2n) is 3.09. The van der Waals surface area contributed by atoms with Crippen molar-refractivity contribution in [1.29, 1.82) is 0 Å². The Morgan fingerprint density at radius 1 is 1.46 bits per heavy atom. The standard InChI is InChI=1S/C9H16N4/c1-8(4-5-10)13(2)9-11-6-3-7-12-9/h3,6-8H,4-5,10H2,1-2H3. The zero-order chi connectivity index (χ0) is 9.68. The molecule has 0 aromatic carbocycles. The highest BCUT2D eigenvalue weighted by atomic mass is 15.2. The van der Waals surface area contributed by atoms with Gasteiger partial charge in [-0.3, -0.25) is 0 Å². The third-order valence-electron chi connectivity index (χ3n) is 2.11. The van der Waals surface area contributed by atoms with Crippen LogP contribution >= 0.6 is 0 Å². The van der Waals surface area contributed by atoms with E-state index in [-0.39, 0.29) is 0 Å². The van der Waals surface area contributed by atoms with Crippen molar-refractivity contribution in [2.75, 3.05) is 18.5 Å². The summed E-state index contributed by atoms with van der Waals surface area (Å²) in [6.45, 7) is 2.81. The van der Waals surface area contributed by atoms with Gasteiger partial charge in [0, 0.05) is 25.5 Å². The zero-order valence-corrected chi connectivity index (χ0v) is 8.14. The van der Waals surface area contributed by atoms with Gasteiger partial charge in [-0.1, -0.05) is 0 Å². The van der Waals surface area contributed by atoms with Gasteiger partial charge in [0.15, 0.2) is 0 Å². The maximum absolute atomic E-state index is 5.48. The lowest BCUT2D eigenvalue weighted by atomic mass is 10.2. The maximum atomic E-state index is 5.48. The zero-order valence-electron chi connectivity index (χ0n) is 8.14. The van der Waals surface area contributed by atoms with Crippen LogP contribution in [0.15, 0.2) is 18.5 Å². The minimum Gasteiger partial charge on any atom is -0.341 e. The molecule has 0 spiro atoms. The molecule has 0 aliphatic carbocycles. The Morgan fingerprint density at radius 2 is 2.08 bits per heavy atom. The van der Waals surface area contributed by atoms with E-state index in [1.54, 1.807) is 12.4 Å². The first-order valence-corrected chi connectivity index (χ1v) is 4.45. The van der Waals surface area contributed by atoms with Crippen LogP contribution in [-0.4, -0.2) is 29.6 Å². The highest BCUT2D eigenvalue weighted by molar-refractivity contribution is 5.28. The summed E-state index contributed by atoms with van der Waals surface area (Å²) in [7, 11) is 1.98. The molecule has 0 amide bonds. The average Bonchev–Trinajstić information content (AvgIpc) is 2.18. The van der Waals surface area contributed by atoms with Crippen LogP contribution < -0.4 is 10.6 Å². The van der Waals surface area contributed by atoms with E-state index in [1.165, 1.54) is 0 Å². The fourth-order valence-corrected chi connectivity index (χ4v) is 1.11. The first-order chi connectivity index (χ1) is 6.25. The molecular formula is C9H16N4. The summed E-state index contributed by atoms with van der Waals surface area (Å²) in [5.41, 5.74) is 5.48. The Bertz CT molecular complexity index is 237. The van der Waals surface area contributed by atoms with Gasteiger partial charge < -0.3 is 10.6 Å². The number of aromatic nitrogens is 2. The van der Waals surface area contributed by atoms with Gasteiger partial charge in [0.25, 0.3) is 0 Å². The number of hydrogen-bond donors (Lipinski definition) is 1. The third kappa shape index (κ3) is 2.66. The number of hydrogen-bond acceptors (Lipinski definition) is 4. The fourth-order valence-electron chi connectivity index (χ4n) is 1.11. The minimum absolute atomic E-state index is 0.382. The summed E-state index contributed by atoms with van der Waals surface area (Å²) in [6.07, 6.45) is 4.44. The summed E-state index contributed by atoms with van der Waals surface area (Å²) in [5, 5.41) is 0. The Kier molecular flexibility index (Phi) is 3.64. The van der Waals surface area contributed by atoms with Crippen LogP contribution in [0, 0.1) is 0 Å². The molecule has 1 atom stereocenters. The van der Waals surface area contributed by atoms with Crippen molar-refractivity contribution < 1.29 is 0 Å². The summed E-state index contributed by atoms with van der Waals surface area (Å²) in [4.78, 5) is 10.3. The molecule has 0 radical (unpaired) electrons. The molecule has 0 fully saturated rings. The van der Waals surface area contributed by atoms with E-state index in [2.05, 4.69) is 16.9 Å². The molecule has 4 heteroatoms. The summed E-state index contributed by atoms with van der Waals surface area (Å²) < 4.78 is 0. The van der Waals surface area contributed by atoms with Gasteiger partial charge in [-0.05, 0) is 26.0 Å². The normalized spacial score (nSPS) is 12.5. The molecule has 1 aromatic rings. The van der Waals surface area contributed by atoms with E-state index in [0.717, 1.165) is 12.4 Å². The lowest BCUT2D eigenvalue weighted by Gasteiger charge is -2.23. The van der Waals surface area contributed by atoms with E-state index in [9.17, 15) is 0 Å². The van der Waals surface area contributed by atoms with Crippen LogP contribution in [0.2, 0.25) is 0 Å². The Labute approximate surface area is 78.8 Å². The average molecular weight is 180 g/mol. The van der Waals surface area contributed by atoms with Crippen LogP contribution in [0.3, 0.4) is 0 Å². The van der Waals surface area contributed by atoms with Crippen LogP contribution in [0.4, 0.5) is 5.95 Å². The topological polar surface area (TPSA) is 55.0 Å². The SMILES string of the molecule is CC(CCN)N(C)c1ncccn1. The highest BCUT2D eigenvalue weighted by Gasteiger charge is 2.10. The predicted molar refractivity (Wildman–Crippen MR) is 53.6 cm³/mol. The second kappa shape index (κ2) is 4.77. The highest BCUT2D eigenvalue weighted by Crippen LogP contribution is 2.08. The van der Waals surface area contributed by atoms with E-state index >= 15 is 0 Å². The molecule has 4 nitrogen and oxygen atoms in total. The van der Waals surface area contributed by atoms with Gasteiger partial charge in [-0.2, -0.15) is 0 Å². The molecule has 1 heterocycles. The van der Waals surface area contributed by atoms with Gasteiger partial charge in [0.1, 0.15) is 0 Å². The van der Waals surface area contributed by atoms with Crippen molar-refractivity contribution in [3.63, 3.8) is 0 Å². The van der Waals surface area contributed by atoms with Crippen LogP contribution in [0.25, 0.3) is 0 Å². The Balaban J connectivity index is 2.62. The molecule has 2 N–H and O–H groups in total. The number of anilines is 1. The van der Waals surface area contributed by atoms with Gasteiger partial charge in [0.2, 0.25) is 5.95 Å². The smallest absolute Gasteiger partial charge is 0.225 e. The fraction of sp³-hybridized carbons (Fsp3) is 0.556. The first kappa shape index (κ1) is 9.92. The third-order valence-corrected chi connectivity index (χ3v) is 2.11. The summed E-state index contributed by atoms with van der Waals surface area (Å²) in [5.74, 6) is 0.753. The first-order valence-electron chi connectivity index (χ1n) is 4.45. The van der Waals surface area contributed by atoms with E-state index in [4.69, 9.17) is 5.73 Å². The van der Waals surface area contributed by atoms with Crippen molar-refractivity contribution in [2.24, 2.45) is 5.73 Å². The Morgan fingerprint density at radius 3 is 2.62 bits per heavy atom. The summed E-state index contributed by atoms with van der Waals surface area (Å²) in [6, 6.07) is 2.19. The van der Waals surface area contributed by atoms with Crippen molar-refractivity contribution >= 4 is 5.95 Å². The molecule has 13 heavy (non-hydrogen) atoms. The van der Waals surface area contributed by atoms with Crippen molar-refractivity contribution in [2.45, 2.75) is 19.4 Å². The van der Waals surface area contributed by atoms with Gasteiger partial charge in [-0.15, -0.1) is 0 Å². The minimum atomic E-state index is 0.382. The molecule has 72 valence electrons. The van der Waals surface area contributed by atoms with Crippen LogP contribution in [0.1, 0.15) is 13.3 Å². The Hall–Kier alpha value is -1.16. The molecule has 0 saturated carbocycles. The number of nitrogens with two attached hydrogens (primary N) is 1. The number of nitrogens with zero attached hydrogens (tertiary/aromatic N) is 3. The maximum Gasteiger partial charge on any atom is 0.225 e. The van der Waals surface area contributed by atoms with Crippen LogP contribution in [-0.2, 0) is 0 Å². The lowest BCUT2D eigenvalue weighted by molar-refractivity contribution is 0.623. The van der Waals surface area contributed by atoms with Crippen molar-refractivity contribution in [1.82, 2.24) is 9.97 Å². The molecule has 0 aliphatic rings. The van der Waals surface area contributed by atoms with Gasteiger partial charge in [0.05, 0.1) is 0 Å². The molecule has 0 bridgehead atoms. The number of rotatable bonds is 4. The molecule has 0 aliphatic heterocycles. The summed E-state index contributed by atoms with van der Waals surface area (Å²) >= 11 is 0. The van der Waals surface area contributed by atoms with E-state index < -0.39 is 0 Å². The second-order valence-corrected chi connectivity index (χ2v) is 3.09. The van der Waals surface area contributed by atoms with Crippen molar-refractivity contribution in [3.8, 4) is 0 Å². The largest absolute Gasteiger partial charge is 0.341 e.